The molecule has 1 saturated heterocycles. The number of rotatable bonds is 2. The molecule has 2 N–H and O–H groups in total. The summed E-state index contributed by atoms with van der Waals surface area (Å²) in [6, 6.07) is 3.09. The molecule has 0 aliphatic carbocycles. The highest BCUT2D eigenvalue weighted by atomic mass is 19.1. The van der Waals surface area contributed by atoms with E-state index in [1.807, 2.05) is 0 Å². The number of anilines is 1. The molecule has 2 amide bonds. The van der Waals surface area contributed by atoms with E-state index in [1.54, 1.807) is 4.90 Å². The van der Waals surface area contributed by atoms with E-state index in [9.17, 15) is 14.0 Å². The first-order valence-corrected chi connectivity index (χ1v) is 6.80. The second-order valence-corrected chi connectivity index (χ2v) is 5.10. The summed E-state index contributed by atoms with van der Waals surface area (Å²) in [6.45, 7) is 1.96. The van der Waals surface area contributed by atoms with Gasteiger partial charge in [0.15, 0.2) is 0 Å². The molecule has 3 rings (SSSR count). The number of hydrogen-bond donors (Lipinski definition) is 1. The normalized spacial score (nSPS) is 21.6. The first-order valence-electron chi connectivity index (χ1n) is 6.80. The van der Waals surface area contributed by atoms with Crippen LogP contribution in [0.4, 0.5) is 10.1 Å². The van der Waals surface area contributed by atoms with Crippen molar-refractivity contribution in [1.29, 1.82) is 0 Å². The molecule has 1 aromatic rings. The number of morpholine rings is 1. The fourth-order valence-corrected chi connectivity index (χ4v) is 2.65. The van der Waals surface area contributed by atoms with Crippen LogP contribution in [0.25, 0.3) is 0 Å². The van der Waals surface area contributed by atoms with E-state index in [0.29, 0.717) is 37.6 Å². The minimum Gasteiger partial charge on any atom is -0.378 e. The average molecular weight is 293 g/mol. The molecule has 1 unspecified atom stereocenters. The van der Waals surface area contributed by atoms with E-state index < -0.39 is 11.9 Å². The van der Waals surface area contributed by atoms with E-state index in [2.05, 4.69) is 0 Å². The second-order valence-electron chi connectivity index (χ2n) is 5.10. The van der Waals surface area contributed by atoms with Crippen LogP contribution in [0.2, 0.25) is 0 Å². The van der Waals surface area contributed by atoms with Gasteiger partial charge in [0.05, 0.1) is 13.2 Å². The number of amides is 2. The van der Waals surface area contributed by atoms with Crippen molar-refractivity contribution >= 4 is 17.5 Å². The van der Waals surface area contributed by atoms with E-state index in [0.717, 1.165) is 0 Å². The molecule has 1 atom stereocenters. The number of carbonyl (C=O) groups is 2. The quantitative estimate of drug-likeness (QED) is 0.835. The summed E-state index contributed by atoms with van der Waals surface area (Å²) < 4.78 is 18.5. The van der Waals surface area contributed by atoms with Gasteiger partial charge in [0.1, 0.15) is 18.4 Å². The fourth-order valence-electron chi connectivity index (χ4n) is 2.65. The first kappa shape index (κ1) is 14.0. The Hall–Kier alpha value is -1.99. The molecule has 1 aromatic carbocycles. The minimum atomic E-state index is -0.909. The van der Waals surface area contributed by atoms with E-state index in [-0.39, 0.29) is 18.4 Å². The van der Waals surface area contributed by atoms with Gasteiger partial charge in [-0.1, -0.05) is 0 Å². The Morgan fingerprint density at radius 2 is 2.10 bits per heavy atom. The van der Waals surface area contributed by atoms with Crippen molar-refractivity contribution in [3.63, 3.8) is 0 Å². The first-order chi connectivity index (χ1) is 10.1. The van der Waals surface area contributed by atoms with E-state index in [1.165, 1.54) is 23.1 Å². The maximum Gasteiger partial charge on any atom is 0.249 e. The van der Waals surface area contributed by atoms with Crippen molar-refractivity contribution in [3.8, 4) is 0 Å². The molecule has 1 fully saturated rings. The van der Waals surface area contributed by atoms with Crippen molar-refractivity contribution in [3.05, 3.63) is 29.6 Å². The lowest BCUT2D eigenvalue weighted by molar-refractivity contribution is -0.135. The third-order valence-electron chi connectivity index (χ3n) is 3.80. The van der Waals surface area contributed by atoms with Crippen LogP contribution in [0.5, 0.6) is 0 Å². The molecule has 0 radical (unpaired) electrons. The van der Waals surface area contributed by atoms with Gasteiger partial charge in [-0.25, -0.2) is 4.39 Å². The molecule has 2 aliphatic heterocycles. The van der Waals surface area contributed by atoms with Gasteiger partial charge in [0.2, 0.25) is 11.8 Å². The van der Waals surface area contributed by atoms with Crippen LogP contribution in [0.3, 0.4) is 0 Å². The van der Waals surface area contributed by atoms with E-state index >= 15 is 0 Å². The number of nitrogens with two attached hydrogens (primary N) is 1. The summed E-state index contributed by atoms with van der Waals surface area (Å²) in [5, 5.41) is 0. The minimum absolute atomic E-state index is 0.0782. The predicted octanol–water partition coefficient (Wildman–Crippen LogP) is 0.0309. The number of ether oxygens (including phenoxy) is 1. The summed E-state index contributed by atoms with van der Waals surface area (Å²) >= 11 is 0. The van der Waals surface area contributed by atoms with Crippen LogP contribution in [0.15, 0.2) is 18.2 Å². The number of benzene rings is 1. The van der Waals surface area contributed by atoms with Gasteiger partial charge in [0.25, 0.3) is 0 Å². The number of carbonyl (C=O) groups excluding carboxylic acids is 2. The summed E-state index contributed by atoms with van der Waals surface area (Å²) in [7, 11) is 0. The second kappa shape index (κ2) is 5.42. The van der Waals surface area contributed by atoms with Gasteiger partial charge >= 0.3 is 0 Å². The smallest absolute Gasteiger partial charge is 0.249 e. The summed E-state index contributed by atoms with van der Waals surface area (Å²) in [5.74, 6) is -0.980. The van der Waals surface area contributed by atoms with Crippen molar-refractivity contribution in [2.24, 2.45) is 5.73 Å². The zero-order valence-corrected chi connectivity index (χ0v) is 11.4. The van der Waals surface area contributed by atoms with Crippen molar-refractivity contribution in [1.82, 2.24) is 4.90 Å². The SMILES string of the molecule is NC1C(=O)N(CC(=O)N2CCOCC2)c2ccc(F)cc21. The topological polar surface area (TPSA) is 75.9 Å². The number of halogens is 1. The molecule has 6 nitrogen and oxygen atoms in total. The summed E-state index contributed by atoms with van der Waals surface area (Å²) in [6.07, 6.45) is 0. The third-order valence-corrected chi connectivity index (χ3v) is 3.80. The maximum absolute atomic E-state index is 13.3. The van der Waals surface area contributed by atoms with E-state index in [4.69, 9.17) is 10.5 Å². The number of fused-ring (bicyclic) bond motifs is 1. The lowest BCUT2D eigenvalue weighted by Crippen LogP contribution is -2.47. The van der Waals surface area contributed by atoms with Crippen LogP contribution in [0, 0.1) is 5.82 Å². The van der Waals surface area contributed by atoms with Gasteiger partial charge in [-0.15, -0.1) is 0 Å². The zero-order chi connectivity index (χ0) is 15.0. The highest BCUT2D eigenvalue weighted by Gasteiger charge is 2.36. The van der Waals surface area contributed by atoms with Gasteiger partial charge in [-0.2, -0.15) is 0 Å². The predicted molar refractivity (Wildman–Crippen MR) is 73.1 cm³/mol. The largest absolute Gasteiger partial charge is 0.378 e. The van der Waals surface area contributed by atoms with Crippen LogP contribution >= 0.6 is 0 Å². The average Bonchev–Trinajstić information content (AvgIpc) is 2.73. The highest BCUT2D eigenvalue weighted by molar-refractivity contribution is 6.07. The van der Waals surface area contributed by atoms with Crippen LogP contribution in [-0.2, 0) is 14.3 Å². The Balaban J connectivity index is 1.80. The molecule has 0 saturated carbocycles. The molecule has 7 heteroatoms. The van der Waals surface area contributed by atoms with Crippen molar-refractivity contribution in [2.75, 3.05) is 37.7 Å². The standard InChI is InChI=1S/C14H16FN3O3/c15-9-1-2-11-10(7-9)13(16)14(20)18(11)8-12(19)17-3-5-21-6-4-17/h1-2,7,13H,3-6,8,16H2. The molecule has 0 aromatic heterocycles. The van der Waals surface area contributed by atoms with Crippen molar-refractivity contribution < 1.29 is 18.7 Å². The van der Waals surface area contributed by atoms with Crippen LogP contribution in [-0.4, -0.2) is 49.6 Å². The van der Waals surface area contributed by atoms with Gasteiger partial charge in [-0.05, 0) is 18.2 Å². The molecular formula is C14H16FN3O3. The fraction of sp³-hybridized carbons (Fsp3) is 0.429. The lowest BCUT2D eigenvalue weighted by Gasteiger charge is -2.28. The lowest BCUT2D eigenvalue weighted by atomic mass is 10.1. The maximum atomic E-state index is 13.3. The molecule has 0 bridgehead atoms. The Morgan fingerprint density at radius 1 is 1.38 bits per heavy atom. The third kappa shape index (κ3) is 2.50. The molecule has 112 valence electrons. The Labute approximate surface area is 121 Å². The molecule has 2 heterocycles. The van der Waals surface area contributed by atoms with Crippen LogP contribution < -0.4 is 10.6 Å². The van der Waals surface area contributed by atoms with Crippen LogP contribution in [0.1, 0.15) is 11.6 Å². The van der Waals surface area contributed by atoms with Gasteiger partial charge in [0, 0.05) is 24.3 Å². The number of nitrogens with zero attached hydrogens (tertiary/aromatic N) is 2. The Morgan fingerprint density at radius 3 is 2.81 bits per heavy atom. The summed E-state index contributed by atoms with van der Waals surface area (Å²) in [5.41, 5.74) is 6.74. The molecule has 21 heavy (non-hydrogen) atoms. The highest BCUT2D eigenvalue weighted by Crippen LogP contribution is 2.34. The Kier molecular flexibility index (Phi) is 3.60. The summed E-state index contributed by atoms with van der Waals surface area (Å²) in [4.78, 5) is 27.4. The Bertz CT molecular complexity index is 587. The molecular weight excluding hydrogens is 277 g/mol. The van der Waals surface area contributed by atoms with Gasteiger partial charge in [-0.3, -0.25) is 9.59 Å². The zero-order valence-electron chi connectivity index (χ0n) is 11.4. The van der Waals surface area contributed by atoms with Crippen molar-refractivity contribution in [2.45, 2.75) is 6.04 Å². The molecule has 2 aliphatic rings. The monoisotopic (exact) mass is 293 g/mol. The molecule has 0 spiro atoms. The van der Waals surface area contributed by atoms with Gasteiger partial charge < -0.3 is 20.3 Å². The number of hydrogen-bond acceptors (Lipinski definition) is 4.